The van der Waals surface area contributed by atoms with Crippen LogP contribution < -0.4 is 5.01 Å². The number of imidazole rings is 1. The van der Waals surface area contributed by atoms with Crippen LogP contribution in [0, 0.1) is 6.92 Å². The average molecular weight is 271 g/mol. The Kier molecular flexibility index (Phi) is 2.61. The third-order valence-corrected chi connectivity index (χ3v) is 3.74. The molecule has 0 atom stereocenters. The Labute approximate surface area is 117 Å². The van der Waals surface area contributed by atoms with Crippen LogP contribution in [0.15, 0.2) is 30.5 Å². The molecule has 3 rings (SSSR count). The topological polar surface area (TPSA) is 58.4 Å². The Morgan fingerprint density at radius 3 is 2.75 bits per heavy atom. The number of hydrogen-bond donors (Lipinski definition) is 1. The Hall–Kier alpha value is -2.30. The SMILES string of the molecule is Cc1ncc(C(=O)O)n1N1c2ccccc2CC1(C)C. The highest BCUT2D eigenvalue weighted by molar-refractivity contribution is 5.86. The Morgan fingerprint density at radius 2 is 2.05 bits per heavy atom. The maximum atomic E-state index is 11.4. The number of para-hydroxylation sites is 1. The van der Waals surface area contributed by atoms with Crippen LogP contribution in [0.3, 0.4) is 0 Å². The molecule has 0 radical (unpaired) electrons. The predicted molar refractivity (Wildman–Crippen MR) is 76.0 cm³/mol. The first-order valence-electron chi connectivity index (χ1n) is 6.58. The van der Waals surface area contributed by atoms with Crippen molar-refractivity contribution in [3.05, 3.63) is 47.5 Å². The third-order valence-electron chi connectivity index (χ3n) is 3.74. The molecule has 0 bridgehead atoms. The summed E-state index contributed by atoms with van der Waals surface area (Å²) in [5, 5.41) is 11.4. The number of carboxylic acid groups (broad SMARTS) is 1. The van der Waals surface area contributed by atoms with Crippen molar-refractivity contribution in [3.8, 4) is 0 Å². The number of fused-ring (bicyclic) bond motifs is 1. The molecule has 5 nitrogen and oxygen atoms in total. The minimum atomic E-state index is -0.967. The van der Waals surface area contributed by atoms with Gasteiger partial charge in [0.25, 0.3) is 0 Å². The minimum Gasteiger partial charge on any atom is -0.476 e. The van der Waals surface area contributed by atoms with Gasteiger partial charge in [-0.15, -0.1) is 0 Å². The van der Waals surface area contributed by atoms with E-state index in [1.807, 2.05) is 30.1 Å². The molecule has 20 heavy (non-hydrogen) atoms. The lowest BCUT2D eigenvalue weighted by Crippen LogP contribution is -2.46. The van der Waals surface area contributed by atoms with E-state index >= 15 is 0 Å². The zero-order valence-corrected chi connectivity index (χ0v) is 11.8. The van der Waals surface area contributed by atoms with Crippen molar-refractivity contribution in [3.63, 3.8) is 0 Å². The van der Waals surface area contributed by atoms with Gasteiger partial charge in [0.15, 0.2) is 5.69 Å². The van der Waals surface area contributed by atoms with Crippen LogP contribution in [0.25, 0.3) is 0 Å². The summed E-state index contributed by atoms with van der Waals surface area (Å²) < 4.78 is 1.70. The molecular formula is C15H17N3O2. The molecule has 2 heterocycles. The number of aromatic carboxylic acids is 1. The van der Waals surface area contributed by atoms with Crippen LogP contribution in [-0.4, -0.2) is 26.3 Å². The van der Waals surface area contributed by atoms with Gasteiger partial charge in [-0.1, -0.05) is 18.2 Å². The molecule has 104 valence electrons. The van der Waals surface area contributed by atoms with Crippen molar-refractivity contribution >= 4 is 11.7 Å². The van der Waals surface area contributed by atoms with Crippen molar-refractivity contribution in [1.29, 1.82) is 0 Å². The first-order chi connectivity index (χ1) is 9.42. The van der Waals surface area contributed by atoms with Gasteiger partial charge >= 0.3 is 5.97 Å². The normalized spacial score (nSPS) is 16.2. The second-order valence-electron chi connectivity index (χ2n) is 5.74. The van der Waals surface area contributed by atoms with E-state index in [-0.39, 0.29) is 11.2 Å². The summed E-state index contributed by atoms with van der Waals surface area (Å²) in [5.41, 5.74) is 2.26. The highest BCUT2D eigenvalue weighted by atomic mass is 16.4. The maximum absolute atomic E-state index is 11.4. The molecule has 0 saturated heterocycles. The number of carbonyl (C=O) groups is 1. The first-order valence-corrected chi connectivity index (χ1v) is 6.58. The number of aromatic nitrogens is 2. The number of anilines is 1. The minimum absolute atomic E-state index is 0.187. The second-order valence-corrected chi connectivity index (χ2v) is 5.74. The van der Waals surface area contributed by atoms with E-state index in [0.717, 1.165) is 12.1 Å². The van der Waals surface area contributed by atoms with E-state index < -0.39 is 5.97 Å². The van der Waals surface area contributed by atoms with Gasteiger partial charge in [-0.2, -0.15) is 0 Å². The highest BCUT2D eigenvalue weighted by Gasteiger charge is 2.39. The van der Waals surface area contributed by atoms with Gasteiger partial charge in [-0.25, -0.2) is 14.5 Å². The molecule has 1 aromatic carbocycles. The Balaban J connectivity index is 2.23. The van der Waals surface area contributed by atoms with Gasteiger partial charge in [0.1, 0.15) is 5.82 Å². The quantitative estimate of drug-likeness (QED) is 0.911. The van der Waals surface area contributed by atoms with Crippen molar-refractivity contribution < 1.29 is 9.90 Å². The number of hydrogen-bond acceptors (Lipinski definition) is 3. The van der Waals surface area contributed by atoms with E-state index in [9.17, 15) is 9.90 Å². The van der Waals surface area contributed by atoms with E-state index in [4.69, 9.17) is 0 Å². The summed E-state index contributed by atoms with van der Waals surface area (Å²) in [5.74, 6) is -0.294. The van der Waals surface area contributed by atoms with Crippen molar-refractivity contribution in [2.45, 2.75) is 32.7 Å². The fourth-order valence-electron chi connectivity index (χ4n) is 2.95. The third kappa shape index (κ3) is 1.70. The first kappa shape index (κ1) is 12.7. The number of benzene rings is 1. The summed E-state index contributed by atoms with van der Waals surface area (Å²) >= 11 is 0. The van der Waals surface area contributed by atoms with Crippen LogP contribution >= 0.6 is 0 Å². The van der Waals surface area contributed by atoms with Crippen LogP contribution in [0.5, 0.6) is 0 Å². The number of nitrogens with zero attached hydrogens (tertiary/aromatic N) is 3. The summed E-state index contributed by atoms with van der Waals surface area (Å²) in [4.78, 5) is 15.6. The molecule has 0 saturated carbocycles. The average Bonchev–Trinajstić information content (AvgIpc) is 2.85. The molecular weight excluding hydrogens is 254 g/mol. The van der Waals surface area contributed by atoms with Gasteiger partial charge in [0, 0.05) is 0 Å². The van der Waals surface area contributed by atoms with E-state index in [1.54, 1.807) is 4.68 Å². The number of rotatable bonds is 2. The second kappa shape index (κ2) is 4.10. The van der Waals surface area contributed by atoms with Crippen molar-refractivity contribution in [2.75, 3.05) is 5.01 Å². The Bertz CT molecular complexity index is 688. The fraction of sp³-hybridized carbons (Fsp3) is 0.333. The summed E-state index contributed by atoms with van der Waals surface area (Å²) in [6.45, 7) is 6.04. The summed E-state index contributed by atoms with van der Waals surface area (Å²) in [6, 6.07) is 8.09. The van der Waals surface area contributed by atoms with Crippen molar-refractivity contribution in [2.24, 2.45) is 0 Å². The highest BCUT2D eigenvalue weighted by Crippen LogP contribution is 2.39. The van der Waals surface area contributed by atoms with Crippen molar-refractivity contribution in [1.82, 2.24) is 9.66 Å². The molecule has 0 aliphatic carbocycles. The number of aryl methyl sites for hydroxylation is 1. The molecule has 2 aromatic rings. The van der Waals surface area contributed by atoms with E-state index in [1.165, 1.54) is 11.8 Å². The molecule has 0 spiro atoms. The molecule has 1 aromatic heterocycles. The Morgan fingerprint density at radius 1 is 1.35 bits per heavy atom. The monoisotopic (exact) mass is 271 g/mol. The lowest BCUT2D eigenvalue weighted by molar-refractivity contribution is 0.0684. The summed E-state index contributed by atoms with van der Waals surface area (Å²) in [7, 11) is 0. The largest absolute Gasteiger partial charge is 0.476 e. The van der Waals surface area contributed by atoms with Gasteiger partial charge in [-0.3, -0.25) is 5.01 Å². The zero-order valence-electron chi connectivity index (χ0n) is 11.8. The summed E-state index contributed by atoms with van der Waals surface area (Å²) in [6.07, 6.45) is 2.29. The molecule has 1 aliphatic rings. The van der Waals surface area contributed by atoms with Crippen LogP contribution in [0.1, 0.15) is 35.7 Å². The molecule has 0 unspecified atom stereocenters. The van der Waals surface area contributed by atoms with Crippen LogP contribution in [-0.2, 0) is 6.42 Å². The van der Waals surface area contributed by atoms with E-state index in [0.29, 0.717) is 5.82 Å². The van der Waals surface area contributed by atoms with Gasteiger partial charge in [0.05, 0.1) is 17.4 Å². The van der Waals surface area contributed by atoms with Gasteiger partial charge < -0.3 is 5.11 Å². The number of carboxylic acids is 1. The standard InChI is InChI=1S/C15H17N3O2/c1-10-16-9-13(14(19)20)17(10)18-12-7-5-4-6-11(12)8-15(18,2)3/h4-7,9H,8H2,1-3H3,(H,19,20). The van der Waals surface area contributed by atoms with Gasteiger partial charge in [-0.05, 0) is 38.8 Å². The predicted octanol–water partition coefficient (Wildman–Crippen LogP) is 2.49. The zero-order chi connectivity index (χ0) is 14.5. The lowest BCUT2D eigenvalue weighted by Gasteiger charge is -2.36. The van der Waals surface area contributed by atoms with Gasteiger partial charge in [0.2, 0.25) is 0 Å². The maximum Gasteiger partial charge on any atom is 0.356 e. The smallest absolute Gasteiger partial charge is 0.356 e. The van der Waals surface area contributed by atoms with E-state index in [2.05, 4.69) is 24.9 Å². The van der Waals surface area contributed by atoms with Crippen LogP contribution in [0.4, 0.5) is 5.69 Å². The molecule has 5 heteroatoms. The molecule has 0 amide bonds. The fourth-order valence-corrected chi connectivity index (χ4v) is 2.95. The molecule has 1 aliphatic heterocycles. The molecule has 0 fully saturated rings. The molecule has 1 N–H and O–H groups in total. The lowest BCUT2D eigenvalue weighted by atomic mass is 10.0. The van der Waals surface area contributed by atoms with Crippen LogP contribution in [0.2, 0.25) is 0 Å².